The van der Waals surface area contributed by atoms with Crippen LogP contribution in [0.15, 0.2) is 24.3 Å². The van der Waals surface area contributed by atoms with Gasteiger partial charge in [0.15, 0.2) is 22.7 Å². The molecule has 1 atom stereocenters. The normalized spacial score (nSPS) is 11.7. The second kappa shape index (κ2) is 27.9. The number of benzene rings is 1. The van der Waals surface area contributed by atoms with Gasteiger partial charge in [0.2, 0.25) is 0 Å². The van der Waals surface area contributed by atoms with Crippen molar-refractivity contribution < 1.29 is 88.6 Å². The lowest BCUT2D eigenvalue weighted by Crippen LogP contribution is -2.42. The molecule has 0 saturated heterocycles. The summed E-state index contributed by atoms with van der Waals surface area (Å²) in [7, 11) is 1.65. The van der Waals surface area contributed by atoms with Gasteiger partial charge in [-0.2, -0.15) is 0 Å². The van der Waals surface area contributed by atoms with E-state index in [1.807, 2.05) is 24.3 Å². The van der Waals surface area contributed by atoms with Crippen LogP contribution in [0.1, 0.15) is 53.4 Å². The standard InChI is InChI=1S/C22H40N2O4.2C6H8O7/c1-6-23(7-2)14-16-26-18-20(27-17-15-24(8-3)9-4)19-28-22-13-11-10-12-21(22)25-5;2*7-3(8)1-6(13,5(11)12)2-4(9)10/h10-13,20H,6-9,14-19H2,1-5H3;2*13H,1-2H2,(H,7,8)(H,9,10)(H,11,12). The highest BCUT2D eigenvalue weighted by Gasteiger charge is 2.41. The minimum absolute atomic E-state index is 0.114. The summed E-state index contributed by atoms with van der Waals surface area (Å²) in [5.41, 5.74) is -5.48. The summed E-state index contributed by atoms with van der Waals surface area (Å²) in [5.74, 6) is -8.58. The number of nitrogens with zero attached hydrogens (tertiary/aromatic N) is 2. The van der Waals surface area contributed by atoms with Crippen LogP contribution in [0.5, 0.6) is 11.5 Å². The predicted octanol–water partition coefficient (Wildman–Crippen LogP) is 0.662. The van der Waals surface area contributed by atoms with Crippen molar-refractivity contribution in [3.05, 3.63) is 24.3 Å². The highest BCUT2D eigenvalue weighted by atomic mass is 16.6. The second-order valence-corrected chi connectivity index (χ2v) is 11.5. The van der Waals surface area contributed by atoms with Crippen molar-refractivity contribution in [1.29, 1.82) is 0 Å². The Morgan fingerprint density at radius 3 is 1.31 bits per heavy atom. The van der Waals surface area contributed by atoms with Crippen LogP contribution in [0, 0.1) is 0 Å². The Bertz CT molecular complexity index is 1200. The van der Waals surface area contributed by atoms with Crippen molar-refractivity contribution >= 4 is 35.8 Å². The molecule has 20 heteroatoms. The fourth-order valence-corrected chi connectivity index (χ4v) is 4.33. The van der Waals surface area contributed by atoms with Crippen molar-refractivity contribution in [2.45, 2.75) is 70.7 Å². The number of aliphatic carboxylic acids is 6. The number of carbonyl (C=O) groups is 6. The average molecular weight is 781 g/mol. The fourth-order valence-electron chi connectivity index (χ4n) is 4.33. The van der Waals surface area contributed by atoms with Gasteiger partial charge < -0.3 is 69.6 Å². The van der Waals surface area contributed by atoms with Gasteiger partial charge in [0.25, 0.3) is 0 Å². The van der Waals surface area contributed by atoms with E-state index in [4.69, 9.17) is 59.8 Å². The van der Waals surface area contributed by atoms with Gasteiger partial charge >= 0.3 is 35.8 Å². The molecule has 0 aliphatic carbocycles. The third-order valence-corrected chi connectivity index (χ3v) is 7.47. The zero-order valence-corrected chi connectivity index (χ0v) is 31.3. The van der Waals surface area contributed by atoms with E-state index in [1.165, 1.54) is 0 Å². The lowest BCUT2D eigenvalue weighted by Gasteiger charge is -2.23. The Morgan fingerprint density at radius 2 is 0.981 bits per heavy atom. The molecule has 8 N–H and O–H groups in total. The van der Waals surface area contributed by atoms with Crippen molar-refractivity contribution in [2.24, 2.45) is 0 Å². The summed E-state index contributed by atoms with van der Waals surface area (Å²) >= 11 is 0. The molecule has 0 aliphatic rings. The largest absolute Gasteiger partial charge is 0.493 e. The number of likely N-dealkylation sites (N-methyl/N-ethyl adjacent to an activating group) is 2. The van der Waals surface area contributed by atoms with Crippen LogP contribution in [-0.2, 0) is 38.2 Å². The molecule has 0 bridgehead atoms. The minimum atomic E-state index is -2.74. The maximum Gasteiger partial charge on any atom is 0.336 e. The first-order valence-electron chi connectivity index (χ1n) is 16.9. The van der Waals surface area contributed by atoms with E-state index < -0.39 is 72.7 Å². The fraction of sp³-hybridized carbons (Fsp3) is 0.647. The molecule has 0 amide bonds. The maximum atomic E-state index is 10.3. The summed E-state index contributed by atoms with van der Waals surface area (Å²) in [4.78, 5) is 65.7. The molecule has 54 heavy (non-hydrogen) atoms. The average Bonchev–Trinajstić information content (AvgIpc) is 3.07. The summed E-state index contributed by atoms with van der Waals surface area (Å²) < 4.78 is 23.3. The predicted molar refractivity (Wildman–Crippen MR) is 189 cm³/mol. The highest BCUT2D eigenvalue weighted by molar-refractivity contribution is 5.88. The van der Waals surface area contributed by atoms with Crippen LogP contribution in [-0.4, -0.2) is 177 Å². The Labute approximate surface area is 313 Å². The minimum Gasteiger partial charge on any atom is -0.493 e. The Kier molecular flexibility index (Phi) is 26.6. The van der Waals surface area contributed by atoms with E-state index in [0.717, 1.165) is 50.8 Å². The molecule has 1 unspecified atom stereocenters. The van der Waals surface area contributed by atoms with Crippen LogP contribution < -0.4 is 9.47 Å². The van der Waals surface area contributed by atoms with Gasteiger partial charge in [-0.1, -0.05) is 39.8 Å². The van der Waals surface area contributed by atoms with E-state index in [9.17, 15) is 28.8 Å². The number of carboxylic acids is 6. The Balaban J connectivity index is 0. The van der Waals surface area contributed by atoms with E-state index in [1.54, 1.807) is 7.11 Å². The van der Waals surface area contributed by atoms with E-state index >= 15 is 0 Å². The van der Waals surface area contributed by atoms with Gasteiger partial charge in [-0.05, 0) is 38.3 Å². The zero-order chi connectivity index (χ0) is 41.9. The van der Waals surface area contributed by atoms with Gasteiger partial charge in [-0.25, -0.2) is 9.59 Å². The molecule has 0 radical (unpaired) electrons. The van der Waals surface area contributed by atoms with Crippen LogP contribution in [0.2, 0.25) is 0 Å². The number of carboxylic acid groups (broad SMARTS) is 6. The first-order valence-corrected chi connectivity index (χ1v) is 16.9. The number of para-hydroxylation sites is 2. The van der Waals surface area contributed by atoms with Gasteiger partial charge in [-0.15, -0.1) is 0 Å². The molecule has 0 heterocycles. The smallest absolute Gasteiger partial charge is 0.336 e. The molecule has 0 aromatic heterocycles. The van der Waals surface area contributed by atoms with Gasteiger partial charge in [-0.3, -0.25) is 19.2 Å². The van der Waals surface area contributed by atoms with Crippen LogP contribution in [0.3, 0.4) is 0 Å². The zero-order valence-electron chi connectivity index (χ0n) is 31.3. The molecule has 0 aliphatic heterocycles. The summed E-state index contributed by atoms with van der Waals surface area (Å²) in [6.45, 7) is 17.0. The van der Waals surface area contributed by atoms with E-state index in [2.05, 4.69) is 37.5 Å². The number of aliphatic hydroxyl groups is 2. The Morgan fingerprint density at radius 1 is 0.611 bits per heavy atom. The number of hydrogen-bond donors (Lipinski definition) is 8. The van der Waals surface area contributed by atoms with Gasteiger partial charge in [0.1, 0.15) is 12.7 Å². The van der Waals surface area contributed by atoms with Crippen molar-refractivity contribution in [1.82, 2.24) is 9.80 Å². The molecular formula is C34H56N2O18. The lowest BCUT2D eigenvalue weighted by atomic mass is 9.96. The Hall–Kier alpha value is -4.60. The third kappa shape index (κ3) is 23.1. The number of ether oxygens (including phenoxy) is 4. The summed E-state index contributed by atoms with van der Waals surface area (Å²) in [6, 6.07) is 7.67. The second-order valence-electron chi connectivity index (χ2n) is 11.5. The van der Waals surface area contributed by atoms with Gasteiger partial charge in [0, 0.05) is 13.1 Å². The molecule has 0 saturated carbocycles. The van der Waals surface area contributed by atoms with Crippen LogP contribution in [0.4, 0.5) is 0 Å². The first kappa shape index (κ1) is 51.5. The molecule has 1 aromatic carbocycles. The topological polar surface area (TPSA) is 308 Å². The first-order chi connectivity index (χ1) is 25.2. The van der Waals surface area contributed by atoms with Crippen molar-refractivity contribution in [2.75, 3.05) is 72.8 Å². The number of rotatable bonds is 27. The SMILES string of the molecule is CCN(CC)CCOCC(COc1ccccc1OC)OCCN(CC)CC.O=C(O)CC(O)(CC(=O)O)C(=O)O.O=C(O)CC(O)(CC(=O)O)C(=O)O. The quantitative estimate of drug-likeness (QED) is 0.0569. The maximum absolute atomic E-state index is 10.3. The molecule has 1 rings (SSSR count). The van der Waals surface area contributed by atoms with E-state index in [-0.39, 0.29) is 6.10 Å². The molecule has 1 aromatic rings. The van der Waals surface area contributed by atoms with E-state index in [0.29, 0.717) is 26.4 Å². The van der Waals surface area contributed by atoms with Crippen LogP contribution in [0.25, 0.3) is 0 Å². The third-order valence-electron chi connectivity index (χ3n) is 7.47. The molecular weight excluding hydrogens is 724 g/mol. The van der Waals surface area contributed by atoms with Gasteiger partial charge in [0.05, 0.1) is 52.6 Å². The molecule has 310 valence electrons. The number of hydrogen-bond acceptors (Lipinski definition) is 14. The lowest BCUT2D eigenvalue weighted by molar-refractivity contribution is -0.170. The highest BCUT2D eigenvalue weighted by Crippen LogP contribution is 2.26. The molecule has 20 nitrogen and oxygen atoms in total. The van der Waals surface area contributed by atoms with Crippen molar-refractivity contribution in [3.63, 3.8) is 0 Å². The summed E-state index contributed by atoms with van der Waals surface area (Å²) in [5, 5.41) is 67.6. The summed E-state index contributed by atoms with van der Waals surface area (Å²) in [6.07, 6.45) is -4.69. The molecule has 0 spiro atoms. The van der Waals surface area contributed by atoms with Crippen molar-refractivity contribution in [3.8, 4) is 11.5 Å². The number of methoxy groups -OCH3 is 1. The monoisotopic (exact) mass is 780 g/mol. The van der Waals surface area contributed by atoms with Crippen LogP contribution >= 0.6 is 0 Å². The molecule has 0 fully saturated rings.